The van der Waals surface area contributed by atoms with Crippen LogP contribution in [0.2, 0.25) is 0 Å². The maximum absolute atomic E-state index is 13.4. The molecule has 1 saturated heterocycles. The number of halogens is 6. The molecule has 33 nitrogen and oxygen atoms in total. The summed E-state index contributed by atoms with van der Waals surface area (Å²) in [6, 6.07) is 20.8. The summed E-state index contributed by atoms with van der Waals surface area (Å²) in [5.74, 6) is 2.21. The maximum atomic E-state index is 13.4. The third-order valence-electron chi connectivity index (χ3n) is 21.1. The van der Waals surface area contributed by atoms with Gasteiger partial charge in [0.2, 0.25) is 40.1 Å². The predicted octanol–water partition coefficient (Wildman–Crippen LogP) is 9.98. The van der Waals surface area contributed by atoms with Gasteiger partial charge in [-0.1, -0.05) is 43.0 Å². The van der Waals surface area contributed by atoms with Crippen molar-refractivity contribution in [1.82, 2.24) is 37.2 Å². The molecule has 0 aliphatic carbocycles. The topological polar surface area (TPSA) is 459 Å². The van der Waals surface area contributed by atoms with E-state index in [0.717, 1.165) is 33.5 Å². The van der Waals surface area contributed by atoms with Gasteiger partial charge in [0, 0.05) is 101 Å². The van der Waals surface area contributed by atoms with E-state index in [1.54, 1.807) is 127 Å². The number of hydrogen-bond acceptors (Lipinski definition) is 21. The van der Waals surface area contributed by atoms with Gasteiger partial charge in [0.05, 0.1) is 64.1 Å². The van der Waals surface area contributed by atoms with Crippen LogP contribution in [-0.2, 0) is 79.2 Å². The SMILES string of the molecule is C=CC(O)(C1COc2c(cn(C)c2C(=O)Nc2ccc(C)c(C(F)(F)F)c2)S(=O)(=O)N1)C(F)(F)F.C=CC1(C2COc3c(cn(C)c3C(=O)Nc3ccc(C)c(C#N)c3)S(=O)(=O)N2)CCOCC1.C=CCC1(C)COc2c(cn(C)c2C(=O)Nc2ccc(C)c(C#N)c2)S(=O)(=O)N1.CC#CCC1COc2c(cn(C)c2C(=O)Nc2ccc(C)c(C#N)c2)S(=O)(=O)N1. The number of ether oxygens (including phenoxy) is 5. The minimum atomic E-state index is -5.33. The lowest BCUT2D eigenvalue weighted by Gasteiger charge is -2.40. The van der Waals surface area contributed by atoms with Crippen LogP contribution in [0.4, 0.5) is 49.1 Å². The number of aryl methyl sites for hydroxylation is 8. The second kappa shape index (κ2) is 37.3. The summed E-state index contributed by atoms with van der Waals surface area (Å²) >= 11 is 0. The molecule has 4 amide bonds. The van der Waals surface area contributed by atoms with Crippen molar-refractivity contribution in [3.63, 3.8) is 0 Å². The number of fused-ring (bicyclic) bond motifs is 4. The number of aromatic nitrogens is 4. The van der Waals surface area contributed by atoms with E-state index in [9.17, 15) is 94.8 Å². The predicted molar refractivity (Wildman–Crippen MR) is 447 cm³/mol. The zero-order chi connectivity index (χ0) is 92.9. The molecule has 1 fully saturated rings. The molecule has 9 N–H and O–H groups in total. The van der Waals surface area contributed by atoms with E-state index in [1.807, 2.05) is 0 Å². The molecule has 668 valence electrons. The summed E-state index contributed by atoms with van der Waals surface area (Å²) in [7, 11) is -10.5. The Bertz CT molecular complexity index is 6400. The summed E-state index contributed by atoms with van der Waals surface area (Å²) < 4.78 is 226. The van der Waals surface area contributed by atoms with Crippen molar-refractivity contribution in [2.45, 2.75) is 128 Å². The molecule has 5 aliphatic heterocycles. The Morgan fingerprint density at radius 1 is 0.548 bits per heavy atom. The zero-order valence-corrected chi connectivity index (χ0v) is 72.6. The number of rotatable bonds is 15. The van der Waals surface area contributed by atoms with E-state index in [-0.39, 0.29) is 86.2 Å². The van der Waals surface area contributed by atoms with Crippen LogP contribution in [0.5, 0.6) is 23.0 Å². The Balaban J connectivity index is 0.000000176. The Morgan fingerprint density at radius 3 is 1.30 bits per heavy atom. The molecule has 8 aromatic rings. The highest BCUT2D eigenvalue weighted by Crippen LogP contribution is 2.44. The van der Waals surface area contributed by atoms with Gasteiger partial charge in [-0.2, -0.15) is 42.1 Å². The first-order chi connectivity index (χ1) is 59.0. The average Bonchev–Trinajstić information content (AvgIpc) is 1.60. The molecule has 4 aromatic heterocycles. The first kappa shape index (κ1) is 95.7. The lowest BCUT2D eigenvalue weighted by Crippen LogP contribution is -2.61. The van der Waals surface area contributed by atoms with E-state index in [1.165, 1.54) is 52.3 Å². The molecule has 5 unspecified atom stereocenters. The van der Waals surface area contributed by atoms with E-state index in [4.69, 9.17) is 28.9 Å². The minimum Gasteiger partial charge on any atom is -0.488 e. The number of nitrogens with zero attached hydrogens (tertiary/aromatic N) is 7. The van der Waals surface area contributed by atoms with Crippen molar-refractivity contribution < 1.29 is 108 Å². The number of anilines is 4. The van der Waals surface area contributed by atoms with Crippen LogP contribution in [0, 0.1) is 78.9 Å². The quantitative estimate of drug-likeness (QED) is 0.0262. The van der Waals surface area contributed by atoms with Crippen molar-refractivity contribution in [3.05, 3.63) is 203 Å². The van der Waals surface area contributed by atoms with Crippen LogP contribution in [0.1, 0.15) is 126 Å². The highest BCUT2D eigenvalue weighted by molar-refractivity contribution is 7.90. The molecule has 5 aliphatic rings. The molecule has 0 radical (unpaired) electrons. The van der Waals surface area contributed by atoms with Gasteiger partial charge in [-0.3, -0.25) is 19.2 Å². The number of aliphatic hydroxyl groups is 1. The van der Waals surface area contributed by atoms with Gasteiger partial charge in [0.25, 0.3) is 23.6 Å². The molecule has 9 heterocycles. The smallest absolute Gasteiger partial charge is 0.422 e. The Morgan fingerprint density at radius 2 is 0.921 bits per heavy atom. The molecule has 5 atom stereocenters. The number of carbonyl (C=O) groups excluding carboxylic acids is 4. The first-order valence-corrected chi connectivity index (χ1v) is 43.9. The first-order valence-electron chi connectivity index (χ1n) is 38.0. The van der Waals surface area contributed by atoms with Gasteiger partial charge in [-0.15, -0.1) is 25.0 Å². The second-order valence-electron chi connectivity index (χ2n) is 30.2. The van der Waals surface area contributed by atoms with E-state index < -0.39 is 139 Å². The van der Waals surface area contributed by atoms with Crippen molar-refractivity contribution in [2.24, 2.45) is 33.6 Å². The maximum Gasteiger partial charge on any atom is 0.422 e. The van der Waals surface area contributed by atoms with Crippen LogP contribution in [-0.4, -0.2) is 156 Å². The number of sulfonamides is 4. The van der Waals surface area contributed by atoms with Gasteiger partial charge in [0.15, 0.2) is 51.4 Å². The summed E-state index contributed by atoms with van der Waals surface area (Å²) in [4.78, 5) is 50.9. The van der Waals surface area contributed by atoms with E-state index in [0.29, 0.717) is 78.7 Å². The van der Waals surface area contributed by atoms with Crippen molar-refractivity contribution in [2.75, 3.05) is 60.9 Å². The summed E-state index contributed by atoms with van der Waals surface area (Å²) in [6.07, 6.45) is 0.317. The highest BCUT2D eigenvalue weighted by atomic mass is 32.2. The number of hydrogen-bond donors (Lipinski definition) is 9. The monoisotopic (exact) mass is 1820 g/mol. The minimum absolute atomic E-state index is 0.00194. The van der Waals surface area contributed by atoms with E-state index in [2.05, 4.69) is 85.2 Å². The number of nitrogens with one attached hydrogen (secondary N) is 8. The number of carbonyl (C=O) groups is 4. The van der Waals surface area contributed by atoms with Gasteiger partial charge < -0.3 is 68.3 Å². The van der Waals surface area contributed by atoms with Gasteiger partial charge >= 0.3 is 12.4 Å². The lowest BCUT2D eigenvalue weighted by atomic mass is 9.74. The number of amides is 4. The normalized spacial score (nSPS) is 19.5. The van der Waals surface area contributed by atoms with Crippen LogP contribution in [0.25, 0.3) is 0 Å². The van der Waals surface area contributed by atoms with Crippen LogP contribution in [0.3, 0.4) is 0 Å². The largest absolute Gasteiger partial charge is 0.488 e. The molecule has 0 bridgehead atoms. The summed E-state index contributed by atoms with van der Waals surface area (Å²) in [5.41, 5.74) is -1.75. The third-order valence-corrected chi connectivity index (χ3v) is 27.1. The third kappa shape index (κ3) is 20.4. The lowest BCUT2D eigenvalue weighted by molar-refractivity contribution is -0.249. The fourth-order valence-corrected chi connectivity index (χ4v) is 20.1. The Labute approximate surface area is 722 Å². The molecular formula is C83H87F6N15O18S4. The summed E-state index contributed by atoms with van der Waals surface area (Å²) in [6.45, 7) is 20.6. The zero-order valence-electron chi connectivity index (χ0n) is 69.3. The van der Waals surface area contributed by atoms with Crippen molar-refractivity contribution in [3.8, 4) is 53.0 Å². The number of nitriles is 3. The Hall–Kier alpha value is -12.5. The van der Waals surface area contributed by atoms with E-state index >= 15 is 0 Å². The molecule has 126 heavy (non-hydrogen) atoms. The van der Waals surface area contributed by atoms with Crippen molar-refractivity contribution >= 4 is 86.5 Å². The van der Waals surface area contributed by atoms with Crippen LogP contribution < -0.4 is 59.1 Å². The van der Waals surface area contributed by atoms with Gasteiger partial charge in [-0.25, -0.2) is 52.6 Å². The fourth-order valence-electron chi connectivity index (χ4n) is 14.1. The number of alkyl halides is 6. The van der Waals surface area contributed by atoms with Gasteiger partial charge in [0.1, 0.15) is 46.0 Å². The fraction of sp³-hybridized carbons (Fsp3) is 0.337. The number of benzene rings is 4. The van der Waals surface area contributed by atoms with Crippen LogP contribution in [0.15, 0.2) is 155 Å². The standard InChI is InChI=1S/C23H26N4O5S.C20H19F6N3O5S.C20H22N4O4S.C20H20N4O4S/c1-4-23(7-9-31-10-8-23)19-14-32-21-18(33(29,30)26-19)13-27(3)20(21)22(28)25-17-6-5-15(2)16(11-17)12-24;1-4-18(31,20(24,25)26)14-9-34-16-13(35(32,33)28-14)8-29(3)15(16)17(30)27-11-6-5-10(2)12(7-11)19(21,22)23;1-5-8-20(3)12-28-18-16(29(26,27)23-20)11-24(4)17(18)19(25)22-15-7-6-13(2)14(9-15)10-21;1-4-5-6-16-12-28-19-17(29(26,27)23-16)11-24(3)18(19)20(25)22-15-8-7-13(2)14(9-15)10-21/h4-6,11,13,19,26H,1,7-10,14H2,2-3H3,(H,25,28);4-8,14,28,31H,1,9H2,2-3H3,(H,27,30);5-7,9,11,23H,1,8,12H2,2-4H3,(H,22,25);7-9,11,16,23H,6,12H2,1-3H3,(H,22,25). The molecule has 13 rings (SSSR count). The average molecular weight is 1820 g/mol. The molecule has 43 heteroatoms. The molecular weight excluding hydrogens is 1740 g/mol. The van der Waals surface area contributed by atoms with Gasteiger partial charge in [-0.05, 0) is 138 Å². The molecule has 0 saturated carbocycles. The highest BCUT2D eigenvalue weighted by Gasteiger charge is 2.59. The second-order valence-corrected chi connectivity index (χ2v) is 36.8. The molecule has 0 spiro atoms. The Kier molecular flexibility index (Phi) is 28.4. The van der Waals surface area contributed by atoms with Crippen molar-refractivity contribution in [1.29, 1.82) is 15.8 Å². The summed E-state index contributed by atoms with van der Waals surface area (Å²) in [5, 5.41) is 48.0. The molecule has 4 aromatic carbocycles. The van der Waals surface area contributed by atoms with Crippen LogP contribution >= 0.6 is 0 Å².